The highest BCUT2D eigenvalue weighted by Crippen LogP contribution is 2.23. The highest BCUT2D eigenvalue weighted by molar-refractivity contribution is 7.14. The first-order chi connectivity index (χ1) is 14.6. The van der Waals surface area contributed by atoms with Crippen molar-refractivity contribution in [3.63, 3.8) is 0 Å². The van der Waals surface area contributed by atoms with Gasteiger partial charge in [0.2, 0.25) is 11.8 Å². The molecule has 2 aromatic rings. The molecule has 2 aromatic heterocycles. The maximum Gasteiger partial charge on any atom is 0.267 e. The molecule has 2 fully saturated rings. The molecule has 9 heteroatoms. The lowest BCUT2D eigenvalue weighted by Crippen LogP contribution is -2.46. The molecule has 0 atom stereocenters. The molecule has 0 unspecified atom stereocenters. The number of nitrogens with zero attached hydrogens (tertiary/aromatic N) is 3. The summed E-state index contributed by atoms with van der Waals surface area (Å²) in [6.07, 6.45) is 5.11. The van der Waals surface area contributed by atoms with Crippen molar-refractivity contribution < 1.29 is 14.4 Å². The van der Waals surface area contributed by atoms with Crippen molar-refractivity contribution in [1.82, 2.24) is 14.8 Å². The molecule has 160 valence electrons. The van der Waals surface area contributed by atoms with E-state index >= 15 is 0 Å². The second-order valence-electron chi connectivity index (χ2n) is 7.79. The van der Waals surface area contributed by atoms with E-state index in [-0.39, 0.29) is 30.1 Å². The van der Waals surface area contributed by atoms with E-state index in [0.29, 0.717) is 28.8 Å². The van der Waals surface area contributed by atoms with Crippen molar-refractivity contribution in [3.8, 4) is 0 Å². The third-order valence-electron chi connectivity index (χ3n) is 5.71. The molecule has 2 aliphatic rings. The third-order valence-corrected chi connectivity index (χ3v) is 7.39. The quantitative estimate of drug-likeness (QED) is 0.764. The molecule has 4 heterocycles. The highest BCUT2D eigenvalue weighted by Gasteiger charge is 2.30. The van der Waals surface area contributed by atoms with Crippen molar-refractivity contribution in [2.24, 2.45) is 5.92 Å². The number of likely N-dealkylation sites (tertiary alicyclic amines) is 2. The van der Waals surface area contributed by atoms with Crippen LogP contribution in [0.15, 0.2) is 22.9 Å². The van der Waals surface area contributed by atoms with Crippen LogP contribution >= 0.6 is 22.7 Å². The number of thiophene rings is 1. The summed E-state index contributed by atoms with van der Waals surface area (Å²) in [4.78, 5) is 46.3. The molecule has 0 aromatic carbocycles. The Balaban J connectivity index is 1.24. The van der Waals surface area contributed by atoms with Gasteiger partial charge in [0.05, 0.1) is 17.0 Å². The zero-order valence-electron chi connectivity index (χ0n) is 16.8. The van der Waals surface area contributed by atoms with Crippen molar-refractivity contribution in [2.45, 2.75) is 38.5 Å². The first kappa shape index (κ1) is 21.0. The van der Waals surface area contributed by atoms with Gasteiger partial charge in [-0.05, 0) is 43.6 Å². The molecule has 2 aliphatic heterocycles. The van der Waals surface area contributed by atoms with E-state index in [1.54, 1.807) is 6.07 Å². The fourth-order valence-electron chi connectivity index (χ4n) is 4.03. The van der Waals surface area contributed by atoms with Crippen molar-refractivity contribution >= 4 is 45.5 Å². The van der Waals surface area contributed by atoms with Crippen LogP contribution in [0.4, 0.5) is 5.13 Å². The summed E-state index contributed by atoms with van der Waals surface area (Å²) < 4.78 is 0. The van der Waals surface area contributed by atoms with Crippen LogP contribution in [0.3, 0.4) is 0 Å². The van der Waals surface area contributed by atoms with Crippen LogP contribution < -0.4 is 5.32 Å². The van der Waals surface area contributed by atoms with Crippen LogP contribution in [0.25, 0.3) is 0 Å². The molecular formula is C21H26N4O3S2. The molecule has 7 nitrogen and oxygen atoms in total. The van der Waals surface area contributed by atoms with Gasteiger partial charge in [-0.1, -0.05) is 6.07 Å². The predicted molar refractivity (Wildman–Crippen MR) is 118 cm³/mol. The van der Waals surface area contributed by atoms with Gasteiger partial charge in [-0.25, -0.2) is 4.98 Å². The zero-order valence-corrected chi connectivity index (χ0v) is 18.5. The van der Waals surface area contributed by atoms with Gasteiger partial charge in [-0.15, -0.1) is 22.7 Å². The summed E-state index contributed by atoms with van der Waals surface area (Å²) in [6, 6.07) is 3.59. The lowest BCUT2D eigenvalue weighted by Gasteiger charge is -2.35. The monoisotopic (exact) mass is 446 g/mol. The van der Waals surface area contributed by atoms with Gasteiger partial charge in [-0.3, -0.25) is 19.7 Å². The first-order valence-electron chi connectivity index (χ1n) is 10.5. The average molecular weight is 447 g/mol. The Hall–Kier alpha value is -2.26. The lowest BCUT2D eigenvalue weighted by molar-refractivity contribution is -0.141. The van der Waals surface area contributed by atoms with Crippen molar-refractivity contribution in [1.29, 1.82) is 0 Å². The second-order valence-corrected chi connectivity index (χ2v) is 9.60. The Morgan fingerprint density at radius 1 is 1.03 bits per heavy atom. The summed E-state index contributed by atoms with van der Waals surface area (Å²) in [7, 11) is 0. The minimum absolute atomic E-state index is 0.0281. The number of carbonyl (C=O) groups excluding carboxylic acids is 3. The predicted octanol–water partition coefficient (Wildman–Crippen LogP) is 3.25. The highest BCUT2D eigenvalue weighted by atomic mass is 32.1. The maximum absolute atomic E-state index is 12.7. The fraction of sp³-hybridized carbons (Fsp3) is 0.524. The number of amides is 3. The first-order valence-corrected chi connectivity index (χ1v) is 12.2. The Labute approximate surface area is 184 Å². The van der Waals surface area contributed by atoms with Gasteiger partial charge in [0.25, 0.3) is 5.91 Å². The molecular weight excluding hydrogens is 420 g/mol. The lowest BCUT2D eigenvalue weighted by atomic mass is 9.94. The molecule has 0 spiro atoms. The van der Waals surface area contributed by atoms with Crippen LogP contribution in [-0.2, 0) is 16.0 Å². The number of thiazole rings is 1. The molecule has 1 N–H and O–H groups in total. The van der Waals surface area contributed by atoms with Crippen LogP contribution in [0.2, 0.25) is 0 Å². The van der Waals surface area contributed by atoms with Crippen LogP contribution in [0.5, 0.6) is 0 Å². The number of aromatic nitrogens is 1. The summed E-state index contributed by atoms with van der Waals surface area (Å²) in [5, 5.41) is 6.95. The molecule has 0 aliphatic carbocycles. The van der Waals surface area contributed by atoms with E-state index in [1.807, 2.05) is 26.6 Å². The number of carbonyl (C=O) groups is 3. The summed E-state index contributed by atoms with van der Waals surface area (Å²) >= 11 is 2.70. The van der Waals surface area contributed by atoms with E-state index in [1.165, 1.54) is 29.1 Å². The second kappa shape index (κ2) is 9.70. The van der Waals surface area contributed by atoms with E-state index in [2.05, 4.69) is 10.3 Å². The number of hydrogen-bond acceptors (Lipinski definition) is 6. The smallest absolute Gasteiger partial charge is 0.267 e. The Bertz CT molecular complexity index is 882. The number of nitrogens with one attached hydrogen (secondary N) is 1. The molecule has 0 radical (unpaired) electrons. The summed E-state index contributed by atoms with van der Waals surface area (Å²) in [5.74, 6) is 0.163. The molecule has 0 saturated carbocycles. The number of rotatable bonds is 5. The number of piperidine rings is 2. The SMILES string of the molecule is O=C(Nc1nc(CC(=O)N2CCC(C(=O)N3CCCCC3)CC2)cs1)c1cccs1. The van der Waals surface area contributed by atoms with Gasteiger partial charge in [0, 0.05) is 37.5 Å². The topological polar surface area (TPSA) is 82.6 Å². The van der Waals surface area contributed by atoms with Crippen molar-refractivity contribution in [3.05, 3.63) is 33.5 Å². The molecule has 2 saturated heterocycles. The third kappa shape index (κ3) is 5.07. The summed E-state index contributed by atoms with van der Waals surface area (Å²) in [6.45, 7) is 3.00. The van der Waals surface area contributed by atoms with E-state index < -0.39 is 0 Å². The molecule has 3 amide bonds. The summed E-state index contributed by atoms with van der Waals surface area (Å²) in [5.41, 5.74) is 0.665. The van der Waals surface area contributed by atoms with Gasteiger partial charge >= 0.3 is 0 Å². The fourth-order valence-corrected chi connectivity index (χ4v) is 5.35. The Kier molecular flexibility index (Phi) is 6.79. The van der Waals surface area contributed by atoms with E-state index in [9.17, 15) is 14.4 Å². The van der Waals surface area contributed by atoms with E-state index in [0.717, 1.165) is 38.8 Å². The maximum atomic E-state index is 12.7. The van der Waals surface area contributed by atoms with Crippen molar-refractivity contribution in [2.75, 3.05) is 31.5 Å². The molecule has 30 heavy (non-hydrogen) atoms. The Morgan fingerprint density at radius 2 is 1.80 bits per heavy atom. The largest absolute Gasteiger partial charge is 0.342 e. The molecule has 0 bridgehead atoms. The van der Waals surface area contributed by atoms with Gasteiger partial charge in [0.1, 0.15) is 0 Å². The van der Waals surface area contributed by atoms with Crippen LogP contribution in [-0.4, -0.2) is 58.7 Å². The van der Waals surface area contributed by atoms with Gasteiger partial charge < -0.3 is 9.80 Å². The van der Waals surface area contributed by atoms with Crippen LogP contribution in [0, 0.1) is 5.92 Å². The molecule has 4 rings (SSSR count). The standard InChI is InChI=1S/C21H26N4O3S2/c26-18(13-16-14-30-21(22-16)23-19(27)17-5-4-12-29-17)24-10-6-15(7-11-24)20(28)25-8-2-1-3-9-25/h4-5,12,14-15H,1-3,6-11,13H2,(H,22,23,27). The van der Waals surface area contributed by atoms with E-state index in [4.69, 9.17) is 0 Å². The average Bonchev–Trinajstić information content (AvgIpc) is 3.46. The van der Waals surface area contributed by atoms with Crippen LogP contribution in [0.1, 0.15) is 47.5 Å². The Morgan fingerprint density at radius 3 is 2.50 bits per heavy atom. The normalized spacial score (nSPS) is 17.7. The minimum Gasteiger partial charge on any atom is -0.342 e. The minimum atomic E-state index is -0.183. The number of anilines is 1. The number of hydrogen-bond donors (Lipinski definition) is 1. The van der Waals surface area contributed by atoms with Gasteiger partial charge in [0.15, 0.2) is 5.13 Å². The zero-order chi connectivity index (χ0) is 20.9. The van der Waals surface area contributed by atoms with Gasteiger partial charge in [-0.2, -0.15) is 0 Å².